The summed E-state index contributed by atoms with van der Waals surface area (Å²) in [5, 5.41) is -1.65. The Labute approximate surface area is 109 Å². The second-order valence-corrected chi connectivity index (χ2v) is 4.55. The Morgan fingerprint density at radius 3 is 1.00 bits per heavy atom. The molecule has 0 heterocycles. The molecule has 0 aliphatic carbocycles. The van der Waals surface area contributed by atoms with Crippen molar-refractivity contribution in [3.8, 4) is 0 Å². The molecular formula is CH6Na2O6S2. The quantitative estimate of drug-likeness (QED) is 0.394. The third-order valence-corrected chi connectivity index (χ3v) is 2.68. The van der Waals surface area contributed by atoms with Crippen LogP contribution in [0.2, 0.25) is 0 Å². The maximum absolute atomic E-state index is 9.66. The monoisotopic (exact) mass is 224 g/mol. The molecule has 10 heteroatoms. The first-order valence-corrected chi connectivity index (χ1v) is 4.83. The molecule has 0 amide bonds. The Hall–Kier alpha value is 1.82. The fourth-order valence-electron chi connectivity index (χ4n) is 0.188. The maximum atomic E-state index is 9.66. The van der Waals surface area contributed by atoms with E-state index in [4.69, 9.17) is 9.11 Å². The molecule has 0 bridgehead atoms. The third-order valence-electron chi connectivity index (χ3n) is 0.298. The standard InChI is InChI=1S/CH4O6S2.2Na.2H/c2-8(3,4)1-9(5,6)7;;;;/h1H2,(H,2,3,4)(H,5,6,7);;;;. The summed E-state index contributed by atoms with van der Waals surface area (Å²) in [6.07, 6.45) is 0. The molecule has 0 fully saturated rings. The third kappa shape index (κ3) is 18.6. The second kappa shape index (κ2) is 6.30. The molecule has 0 atom stereocenters. The summed E-state index contributed by atoms with van der Waals surface area (Å²) in [5.41, 5.74) is 0. The average molecular weight is 224 g/mol. The van der Waals surface area contributed by atoms with Crippen LogP contribution in [-0.4, -0.2) is 90.1 Å². The van der Waals surface area contributed by atoms with Gasteiger partial charge in [0.2, 0.25) is 5.08 Å². The fraction of sp³-hybridized carbons (Fsp3) is 1.00. The SMILES string of the molecule is O=S(=O)(O)CS(=O)(=O)O.[NaH].[NaH]. The van der Waals surface area contributed by atoms with Crippen molar-refractivity contribution in [2.75, 3.05) is 5.08 Å². The van der Waals surface area contributed by atoms with E-state index in [0.717, 1.165) is 0 Å². The van der Waals surface area contributed by atoms with Gasteiger partial charge in [-0.15, -0.1) is 0 Å². The summed E-state index contributed by atoms with van der Waals surface area (Å²) < 4.78 is 54.2. The number of rotatable bonds is 2. The summed E-state index contributed by atoms with van der Waals surface area (Å²) in [7, 11) is -9.24. The summed E-state index contributed by atoms with van der Waals surface area (Å²) in [6, 6.07) is 0. The van der Waals surface area contributed by atoms with Gasteiger partial charge in [0.1, 0.15) is 0 Å². The van der Waals surface area contributed by atoms with Crippen LogP contribution in [0.15, 0.2) is 0 Å². The zero-order valence-corrected chi connectivity index (χ0v) is 5.68. The van der Waals surface area contributed by atoms with Crippen molar-refractivity contribution in [1.29, 1.82) is 0 Å². The summed E-state index contributed by atoms with van der Waals surface area (Å²) >= 11 is 0. The van der Waals surface area contributed by atoms with Gasteiger partial charge in [0, 0.05) is 0 Å². The van der Waals surface area contributed by atoms with E-state index >= 15 is 0 Å². The molecule has 0 spiro atoms. The summed E-state index contributed by atoms with van der Waals surface area (Å²) in [4.78, 5) is 0. The van der Waals surface area contributed by atoms with Gasteiger partial charge < -0.3 is 0 Å². The van der Waals surface area contributed by atoms with Crippen molar-refractivity contribution >= 4 is 79.4 Å². The van der Waals surface area contributed by atoms with E-state index in [0.29, 0.717) is 0 Å². The first kappa shape index (κ1) is 18.6. The van der Waals surface area contributed by atoms with Crippen LogP contribution >= 0.6 is 0 Å². The fourth-order valence-corrected chi connectivity index (χ4v) is 1.69. The van der Waals surface area contributed by atoms with Gasteiger partial charge in [-0.05, 0) is 0 Å². The molecule has 60 valence electrons. The molecule has 0 aliphatic rings. The van der Waals surface area contributed by atoms with E-state index in [-0.39, 0.29) is 59.1 Å². The van der Waals surface area contributed by atoms with Crippen molar-refractivity contribution in [1.82, 2.24) is 0 Å². The molecule has 2 N–H and O–H groups in total. The van der Waals surface area contributed by atoms with Crippen LogP contribution in [0.25, 0.3) is 0 Å². The van der Waals surface area contributed by atoms with Crippen molar-refractivity contribution in [3.63, 3.8) is 0 Å². The van der Waals surface area contributed by atoms with Gasteiger partial charge in [0.25, 0.3) is 20.2 Å². The molecule has 11 heavy (non-hydrogen) atoms. The van der Waals surface area contributed by atoms with Gasteiger partial charge in [0.05, 0.1) is 0 Å². The van der Waals surface area contributed by atoms with Gasteiger partial charge in [-0.25, -0.2) is 0 Å². The molecule has 0 aliphatic heterocycles. The minimum absolute atomic E-state index is 0. The minimum atomic E-state index is -4.62. The second-order valence-electron chi connectivity index (χ2n) is 1.28. The zero-order valence-electron chi connectivity index (χ0n) is 4.05. The van der Waals surface area contributed by atoms with Crippen LogP contribution in [0.4, 0.5) is 0 Å². The van der Waals surface area contributed by atoms with Crippen LogP contribution < -0.4 is 0 Å². The van der Waals surface area contributed by atoms with Gasteiger partial charge in [0.15, 0.2) is 0 Å². The van der Waals surface area contributed by atoms with Gasteiger partial charge >= 0.3 is 59.1 Å². The Morgan fingerprint density at radius 1 is 0.818 bits per heavy atom. The van der Waals surface area contributed by atoms with Crippen LogP contribution in [0.1, 0.15) is 0 Å². The Kier molecular flexibility index (Phi) is 10.6. The number of hydrogen-bond acceptors (Lipinski definition) is 4. The van der Waals surface area contributed by atoms with Crippen LogP contribution in [0.3, 0.4) is 0 Å². The number of hydrogen-bond donors (Lipinski definition) is 2. The van der Waals surface area contributed by atoms with Crippen molar-refractivity contribution in [2.24, 2.45) is 0 Å². The molecule has 0 aromatic heterocycles. The molecule has 0 saturated heterocycles. The average Bonchev–Trinajstić information content (AvgIpc) is 1.14. The summed E-state index contributed by atoms with van der Waals surface area (Å²) in [6.45, 7) is 0. The van der Waals surface area contributed by atoms with Crippen LogP contribution in [0, 0.1) is 0 Å². The molecule has 0 aromatic carbocycles. The topological polar surface area (TPSA) is 109 Å². The molecule has 0 saturated carbocycles. The Balaban J connectivity index is -0.000000320. The summed E-state index contributed by atoms with van der Waals surface area (Å²) in [5.74, 6) is 0. The predicted octanol–water partition coefficient (Wildman–Crippen LogP) is -2.58. The van der Waals surface area contributed by atoms with Gasteiger partial charge in [-0.3, -0.25) is 9.11 Å². The Bertz CT molecular complexity index is 244. The van der Waals surface area contributed by atoms with E-state index in [1.807, 2.05) is 0 Å². The molecular weight excluding hydrogens is 218 g/mol. The molecule has 0 aromatic rings. The first-order valence-electron chi connectivity index (χ1n) is 1.61. The molecule has 6 nitrogen and oxygen atoms in total. The van der Waals surface area contributed by atoms with Crippen molar-refractivity contribution in [2.45, 2.75) is 0 Å². The van der Waals surface area contributed by atoms with E-state index in [1.54, 1.807) is 0 Å². The van der Waals surface area contributed by atoms with E-state index in [9.17, 15) is 16.8 Å². The van der Waals surface area contributed by atoms with Gasteiger partial charge in [-0.2, -0.15) is 16.8 Å². The predicted molar refractivity (Wildman–Crippen MR) is 42.3 cm³/mol. The van der Waals surface area contributed by atoms with E-state index < -0.39 is 25.3 Å². The molecule has 0 radical (unpaired) electrons. The van der Waals surface area contributed by atoms with E-state index in [2.05, 4.69) is 0 Å². The van der Waals surface area contributed by atoms with E-state index in [1.165, 1.54) is 0 Å². The van der Waals surface area contributed by atoms with Crippen LogP contribution in [-0.2, 0) is 20.2 Å². The molecule has 0 rings (SSSR count). The van der Waals surface area contributed by atoms with Crippen LogP contribution in [0.5, 0.6) is 0 Å². The van der Waals surface area contributed by atoms with Gasteiger partial charge in [-0.1, -0.05) is 0 Å². The van der Waals surface area contributed by atoms with Crippen molar-refractivity contribution < 1.29 is 25.9 Å². The molecule has 0 unspecified atom stereocenters. The Morgan fingerprint density at radius 2 is 1.00 bits per heavy atom. The first-order chi connectivity index (χ1) is 3.71. The zero-order chi connectivity index (χ0) is 7.71. The normalized spacial score (nSPS) is 11.1. The van der Waals surface area contributed by atoms with Crippen molar-refractivity contribution in [3.05, 3.63) is 0 Å².